The zero-order chi connectivity index (χ0) is 15.4. The fraction of sp³-hybridized carbons (Fsp3) is 0.231. The summed E-state index contributed by atoms with van der Waals surface area (Å²) in [4.78, 5) is 25.1. The van der Waals surface area contributed by atoms with Crippen molar-refractivity contribution in [1.82, 2.24) is 4.98 Å². The van der Waals surface area contributed by atoms with Gasteiger partial charge in [-0.2, -0.15) is 0 Å². The first-order valence-corrected chi connectivity index (χ1v) is 7.06. The minimum absolute atomic E-state index is 0.0143. The number of carbonyl (C=O) groups is 1. The van der Waals surface area contributed by atoms with Crippen molar-refractivity contribution in [3.8, 4) is 0 Å². The lowest BCUT2D eigenvalue weighted by molar-refractivity contribution is 0.0527. The second-order valence-electron chi connectivity index (χ2n) is 4.17. The minimum atomic E-state index is -0.609. The van der Waals surface area contributed by atoms with E-state index in [-0.39, 0.29) is 35.0 Å². The van der Waals surface area contributed by atoms with Gasteiger partial charge >= 0.3 is 10.8 Å². The molecule has 0 spiro atoms. The third-order valence-corrected chi connectivity index (χ3v) is 3.39. The number of hydrogen-bond acceptors (Lipinski definition) is 6. The number of carbonyl (C=O) groups excluding carboxylic acids is 1. The van der Waals surface area contributed by atoms with Crippen LogP contribution in [0.2, 0.25) is 0 Å². The molecule has 0 amide bonds. The topological polar surface area (TPSA) is 97.2 Å². The fourth-order valence-corrected chi connectivity index (χ4v) is 2.28. The molecule has 0 aliphatic rings. The lowest BCUT2D eigenvalue weighted by atomic mass is 10.1. The minimum Gasteiger partial charge on any atom is -0.462 e. The molecule has 0 saturated heterocycles. The number of nitrogen functional groups attached to an aromatic ring is 1. The van der Waals surface area contributed by atoms with Gasteiger partial charge in [0.2, 0.25) is 0 Å². The quantitative estimate of drug-likeness (QED) is 0.579. The molecule has 0 aliphatic heterocycles. The van der Waals surface area contributed by atoms with Crippen LogP contribution in [0.4, 0.5) is 15.8 Å². The summed E-state index contributed by atoms with van der Waals surface area (Å²) in [5, 5.41) is 4.44. The summed E-state index contributed by atoms with van der Waals surface area (Å²) >= 11 is 1.02. The number of esters is 1. The molecule has 0 atom stereocenters. The van der Waals surface area contributed by atoms with E-state index in [9.17, 15) is 14.0 Å². The van der Waals surface area contributed by atoms with Crippen LogP contribution in [0.1, 0.15) is 23.0 Å². The van der Waals surface area contributed by atoms with E-state index in [2.05, 4.69) is 10.3 Å². The highest BCUT2D eigenvalue weighted by atomic mass is 32.1. The molecule has 0 saturated carbocycles. The first kappa shape index (κ1) is 15.0. The van der Waals surface area contributed by atoms with Crippen LogP contribution in [0.5, 0.6) is 0 Å². The van der Waals surface area contributed by atoms with Gasteiger partial charge in [-0.15, -0.1) is 0 Å². The van der Waals surface area contributed by atoms with E-state index in [0.717, 1.165) is 17.4 Å². The van der Waals surface area contributed by atoms with Crippen LogP contribution in [-0.4, -0.2) is 17.6 Å². The zero-order valence-corrected chi connectivity index (χ0v) is 12.1. The Morgan fingerprint density at radius 3 is 2.90 bits per heavy atom. The molecule has 2 aromatic rings. The highest BCUT2D eigenvalue weighted by Crippen LogP contribution is 2.23. The number of halogens is 1. The van der Waals surface area contributed by atoms with Crippen molar-refractivity contribution < 1.29 is 13.9 Å². The van der Waals surface area contributed by atoms with Gasteiger partial charge in [-0.05, 0) is 19.1 Å². The predicted molar refractivity (Wildman–Crippen MR) is 79.0 cm³/mol. The summed E-state index contributed by atoms with van der Waals surface area (Å²) in [7, 11) is 0. The van der Waals surface area contributed by atoms with Crippen LogP contribution < -0.4 is 15.9 Å². The third-order valence-electron chi connectivity index (χ3n) is 2.67. The van der Waals surface area contributed by atoms with Gasteiger partial charge < -0.3 is 20.8 Å². The summed E-state index contributed by atoms with van der Waals surface area (Å²) in [6.07, 6.45) is 0. The summed E-state index contributed by atoms with van der Waals surface area (Å²) in [5.74, 6) is -1.19. The van der Waals surface area contributed by atoms with Gasteiger partial charge in [0.25, 0.3) is 0 Å². The average Bonchev–Trinajstić information content (AvgIpc) is 2.83. The second kappa shape index (κ2) is 6.40. The summed E-state index contributed by atoms with van der Waals surface area (Å²) in [6, 6.07) is 2.36. The number of hydrogen-bond donors (Lipinski definition) is 3. The van der Waals surface area contributed by atoms with Crippen LogP contribution in [0, 0.1) is 5.82 Å². The number of ether oxygens (including phenoxy) is 1. The molecular weight excluding hydrogens is 297 g/mol. The Kier molecular flexibility index (Phi) is 4.59. The Balaban J connectivity index is 2.20. The third kappa shape index (κ3) is 3.60. The van der Waals surface area contributed by atoms with E-state index in [1.54, 1.807) is 12.3 Å². The first-order valence-electron chi connectivity index (χ1n) is 6.18. The van der Waals surface area contributed by atoms with E-state index in [4.69, 9.17) is 10.5 Å². The smallest absolute Gasteiger partial charge is 0.340 e. The van der Waals surface area contributed by atoms with Crippen LogP contribution in [0.15, 0.2) is 22.3 Å². The maximum Gasteiger partial charge on any atom is 0.340 e. The van der Waals surface area contributed by atoms with Gasteiger partial charge in [-0.1, -0.05) is 11.3 Å². The molecular formula is C13H14FN3O3S. The second-order valence-corrected chi connectivity index (χ2v) is 5.01. The highest BCUT2D eigenvalue weighted by molar-refractivity contribution is 7.07. The molecule has 21 heavy (non-hydrogen) atoms. The van der Waals surface area contributed by atoms with E-state index in [1.807, 2.05) is 0 Å². The molecule has 8 heteroatoms. The summed E-state index contributed by atoms with van der Waals surface area (Å²) < 4.78 is 18.7. The zero-order valence-electron chi connectivity index (χ0n) is 11.2. The molecule has 0 radical (unpaired) electrons. The molecule has 4 N–H and O–H groups in total. The maximum absolute atomic E-state index is 13.8. The lowest BCUT2D eigenvalue weighted by Gasteiger charge is -2.11. The number of thiazole rings is 1. The number of H-pyrrole nitrogens is 1. The molecule has 2 rings (SSSR count). The van der Waals surface area contributed by atoms with E-state index >= 15 is 0 Å². The molecule has 1 heterocycles. The summed E-state index contributed by atoms with van der Waals surface area (Å²) in [6.45, 7) is 2.10. The van der Waals surface area contributed by atoms with E-state index in [1.165, 1.54) is 6.07 Å². The molecule has 112 valence electrons. The van der Waals surface area contributed by atoms with Crippen LogP contribution >= 0.6 is 11.3 Å². The number of aromatic amines is 1. The molecule has 0 aliphatic carbocycles. The fourth-order valence-electron chi connectivity index (χ4n) is 1.70. The number of rotatable bonds is 5. The van der Waals surface area contributed by atoms with Crippen molar-refractivity contribution in [3.63, 3.8) is 0 Å². The number of benzene rings is 1. The molecule has 1 aromatic carbocycles. The van der Waals surface area contributed by atoms with E-state index in [0.29, 0.717) is 5.69 Å². The predicted octanol–water partition coefficient (Wildman–Crippen LogP) is 1.95. The molecule has 0 unspecified atom stereocenters. The van der Waals surface area contributed by atoms with Crippen LogP contribution in [-0.2, 0) is 11.3 Å². The Labute approximate surface area is 123 Å². The molecule has 0 fully saturated rings. The van der Waals surface area contributed by atoms with Crippen molar-refractivity contribution in [1.29, 1.82) is 0 Å². The average molecular weight is 311 g/mol. The van der Waals surface area contributed by atoms with Crippen LogP contribution in [0.3, 0.4) is 0 Å². The van der Waals surface area contributed by atoms with Gasteiger partial charge in [-0.25, -0.2) is 9.18 Å². The van der Waals surface area contributed by atoms with Gasteiger partial charge in [0.15, 0.2) is 0 Å². The number of nitrogens with one attached hydrogen (secondary N) is 2. The van der Waals surface area contributed by atoms with Gasteiger partial charge in [0, 0.05) is 16.8 Å². The Bertz CT molecular complexity index is 711. The van der Waals surface area contributed by atoms with E-state index < -0.39 is 11.8 Å². The number of anilines is 2. The largest absolute Gasteiger partial charge is 0.462 e. The van der Waals surface area contributed by atoms with Crippen molar-refractivity contribution in [3.05, 3.63) is 44.3 Å². The first-order chi connectivity index (χ1) is 10.0. The lowest BCUT2D eigenvalue weighted by Crippen LogP contribution is -2.11. The van der Waals surface area contributed by atoms with Crippen molar-refractivity contribution in [2.24, 2.45) is 0 Å². The monoisotopic (exact) mass is 311 g/mol. The van der Waals surface area contributed by atoms with Gasteiger partial charge in [0.05, 0.1) is 24.4 Å². The number of aromatic nitrogens is 1. The van der Waals surface area contributed by atoms with Crippen molar-refractivity contribution >= 4 is 28.7 Å². The summed E-state index contributed by atoms with van der Waals surface area (Å²) in [5.41, 5.74) is 6.46. The normalized spacial score (nSPS) is 10.4. The van der Waals surface area contributed by atoms with Crippen molar-refractivity contribution in [2.45, 2.75) is 13.5 Å². The SMILES string of the molecule is CCOC(=O)c1cc(NCc2csc(=O)[nH]2)c(F)cc1N. The van der Waals surface area contributed by atoms with Gasteiger partial charge in [-0.3, -0.25) is 4.79 Å². The molecule has 1 aromatic heterocycles. The highest BCUT2D eigenvalue weighted by Gasteiger charge is 2.15. The Morgan fingerprint density at radius 1 is 1.52 bits per heavy atom. The number of nitrogens with two attached hydrogens (primary N) is 1. The standard InChI is InChI=1S/C13H14FN3O3S/c1-2-20-12(18)8-3-11(9(14)4-10(8)15)16-5-7-6-21-13(19)17-7/h3-4,6,16H,2,5,15H2,1H3,(H,17,19). The maximum atomic E-state index is 13.8. The van der Waals surface area contributed by atoms with Crippen molar-refractivity contribution in [2.75, 3.05) is 17.7 Å². The molecule has 6 nitrogen and oxygen atoms in total. The Morgan fingerprint density at radius 2 is 2.29 bits per heavy atom. The van der Waals surface area contributed by atoms with Gasteiger partial charge in [0.1, 0.15) is 5.82 Å². The molecule has 0 bridgehead atoms. The Hall–Kier alpha value is -2.35. The van der Waals surface area contributed by atoms with Crippen LogP contribution in [0.25, 0.3) is 0 Å².